The fraction of sp³-hybridized carbons (Fsp3) is 0.667. The van der Waals surface area contributed by atoms with E-state index in [-0.39, 0.29) is 11.3 Å². The zero-order valence-electron chi connectivity index (χ0n) is 18.5. The van der Waals surface area contributed by atoms with Gasteiger partial charge in [0.1, 0.15) is 11.7 Å². The van der Waals surface area contributed by atoms with Gasteiger partial charge in [-0.1, -0.05) is 50.1 Å². The Bertz CT molecular complexity index is 727. The van der Waals surface area contributed by atoms with E-state index in [1.54, 1.807) is 12.1 Å². The number of aliphatic hydroxyl groups is 1. The van der Waals surface area contributed by atoms with Crippen LogP contribution < -0.4 is 5.32 Å². The molecule has 0 aromatic heterocycles. The highest BCUT2D eigenvalue weighted by molar-refractivity contribution is 6.32. The minimum absolute atomic E-state index is 0.00707. The maximum absolute atomic E-state index is 12.4. The predicted octanol–water partition coefficient (Wildman–Crippen LogP) is 5.57. The predicted molar refractivity (Wildman–Crippen MR) is 122 cm³/mol. The highest BCUT2D eigenvalue weighted by Gasteiger charge is 2.29. The second kappa shape index (κ2) is 13.7. The topological polar surface area (TPSA) is 91.6 Å². The van der Waals surface area contributed by atoms with E-state index in [2.05, 4.69) is 5.32 Å². The zero-order chi connectivity index (χ0) is 22.5. The smallest absolute Gasteiger partial charge is 0.256 e. The lowest BCUT2D eigenvalue weighted by molar-refractivity contribution is -0.162. The van der Waals surface area contributed by atoms with E-state index in [1.807, 2.05) is 6.07 Å². The van der Waals surface area contributed by atoms with Gasteiger partial charge in [0, 0.05) is 18.9 Å². The molecule has 1 aromatic rings. The highest BCUT2D eigenvalue weighted by atomic mass is 35.5. The van der Waals surface area contributed by atoms with Gasteiger partial charge in [0.05, 0.1) is 10.6 Å². The molecule has 2 rings (SSSR count). The summed E-state index contributed by atoms with van der Waals surface area (Å²) in [5, 5.41) is 22.4. The number of unbranched alkanes of at least 4 members (excludes halogenated alkanes) is 6. The molecule has 2 unspecified atom stereocenters. The quantitative estimate of drug-likeness (QED) is 0.383. The Kier molecular flexibility index (Phi) is 11.3. The largest absolute Gasteiger partial charge is 0.380 e. The molecule has 172 valence electrons. The van der Waals surface area contributed by atoms with Crippen LogP contribution in [0, 0.1) is 11.3 Å². The lowest BCUT2D eigenvalue weighted by Crippen LogP contribution is -2.39. The Morgan fingerprint density at radius 1 is 1.26 bits per heavy atom. The number of anilines is 1. The number of rotatable bonds is 13. The number of ether oxygens (including phenoxy) is 2. The van der Waals surface area contributed by atoms with Crippen molar-refractivity contribution >= 4 is 23.2 Å². The summed E-state index contributed by atoms with van der Waals surface area (Å²) in [7, 11) is 0. The third-order valence-electron chi connectivity index (χ3n) is 5.59. The van der Waals surface area contributed by atoms with E-state index in [4.69, 9.17) is 26.3 Å². The van der Waals surface area contributed by atoms with E-state index in [1.165, 1.54) is 25.8 Å². The number of hydrogen-bond acceptors (Lipinski definition) is 5. The number of halogens is 1. The number of carbonyl (C=O) groups excluding carboxylic acids is 1. The maximum atomic E-state index is 12.4. The summed E-state index contributed by atoms with van der Waals surface area (Å²) in [6, 6.07) is 6.64. The molecule has 0 bridgehead atoms. The monoisotopic (exact) mass is 450 g/mol. The van der Waals surface area contributed by atoms with Crippen molar-refractivity contribution in [3.63, 3.8) is 0 Å². The van der Waals surface area contributed by atoms with Gasteiger partial charge < -0.3 is 19.9 Å². The summed E-state index contributed by atoms with van der Waals surface area (Å²) in [5.41, 5.74) is -0.635. The number of benzene rings is 1. The first-order valence-electron chi connectivity index (χ1n) is 11.4. The molecule has 1 amide bonds. The zero-order valence-corrected chi connectivity index (χ0v) is 19.3. The van der Waals surface area contributed by atoms with Crippen molar-refractivity contribution in [3.8, 4) is 6.07 Å². The van der Waals surface area contributed by atoms with E-state index < -0.39 is 11.5 Å². The lowest BCUT2D eigenvalue weighted by atomic mass is 9.96. The average molecular weight is 451 g/mol. The van der Waals surface area contributed by atoms with Crippen LogP contribution in [0.15, 0.2) is 18.2 Å². The van der Waals surface area contributed by atoms with Crippen molar-refractivity contribution in [3.05, 3.63) is 28.8 Å². The van der Waals surface area contributed by atoms with Crippen LogP contribution in [0.3, 0.4) is 0 Å². The second-order valence-electron chi connectivity index (χ2n) is 8.43. The Hall–Kier alpha value is -1.65. The van der Waals surface area contributed by atoms with Crippen molar-refractivity contribution < 1.29 is 19.4 Å². The van der Waals surface area contributed by atoms with Crippen LogP contribution in [0.25, 0.3) is 0 Å². The van der Waals surface area contributed by atoms with Crippen molar-refractivity contribution in [2.24, 2.45) is 0 Å². The van der Waals surface area contributed by atoms with Gasteiger partial charge in [-0.25, -0.2) is 0 Å². The van der Waals surface area contributed by atoms with Crippen LogP contribution in [0.1, 0.15) is 83.1 Å². The molecule has 0 aliphatic carbocycles. The third kappa shape index (κ3) is 9.57. The molecule has 1 aliphatic heterocycles. The van der Waals surface area contributed by atoms with E-state index in [9.17, 15) is 9.90 Å². The van der Waals surface area contributed by atoms with Gasteiger partial charge in [-0.3, -0.25) is 4.79 Å². The minimum Gasteiger partial charge on any atom is -0.380 e. The Morgan fingerprint density at radius 2 is 1.97 bits per heavy atom. The summed E-state index contributed by atoms with van der Waals surface area (Å²) < 4.78 is 11.3. The molecular formula is C24H35ClN2O4. The SMILES string of the molecule is CC(O)(CCCCCCCCCOC1CCCCO1)C(=O)Nc1ccc(C#N)c(Cl)c1. The molecule has 1 heterocycles. The lowest BCUT2D eigenvalue weighted by Gasteiger charge is -2.22. The van der Waals surface area contributed by atoms with Crippen LogP contribution in [0.4, 0.5) is 5.69 Å². The first-order chi connectivity index (χ1) is 14.9. The molecule has 2 N–H and O–H groups in total. The molecule has 1 saturated heterocycles. The number of nitrogens with zero attached hydrogens (tertiary/aromatic N) is 1. The van der Waals surface area contributed by atoms with Crippen molar-refractivity contribution in [2.45, 2.75) is 89.4 Å². The van der Waals surface area contributed by atoms with Gasteiger partial charge in [0.25, 0.3) is 5.91 Å². The average Bonchev–Trinajstić information content (AvgIpc) is 2.76. The number of amides is 1. The van der Waals surface area contributed by atoms with Crippen LogP contribution in [0.2, 0.25) is 5.02 Å². The molecule has 1 aliphatic rings. The molecule has 0 spiro atoms. The fourth-order valence-electron chi connectivity index (χ4n) is 3.58. The van der Waals surface area contributed by atoms with Crippen molar-refractivity contribution in [1.82, 2.24) is 0 Å². The highest BCUT2D eigenvalue weighted by Crippen LogP contribution is 2.23. The van der Waals surface area contributed by atoms with Gasteiger partial charge >= 0.3 is 0 Å². The standard InChI is InChI=1S/C24H35ClN2O4/c1-24(29,23(28)27-20-13-12-19(18-26)21(25)17-20)14-8-5-3-2-4-6-9-15-30-22-11-7-10-16-31-22/h12-13,17,22,29H,2-11,14-16H2,1H3,(H,27,28). The number of hydrogen-bond donors (Lipinski definition) is 2. The summed E-state index contributed by atoms with van der Waals surface area (Å²) in [6.45, 7) is 3.12. The first kappa shape index (κ1) is 25.6. The van der Waals surface area contributed by atoms with Crippen LogP contribution in [-0.4, -0.2) is 36.1 Å². The van der Waals surface area contributed by atoms with Crippen LogP contribution >= 0.6 is 11.6 Å². The molecule has 0 radical (unpaired) electrons. The Balaban J connectivity index is 1.52. The van der Waals surface area contributed by atoms with Crippen molar-refractivity contribution in [2.75, 3.05) is 18.5 Å². The summed E-state index contributed by atoms with van der Waals surface area (Å²) in [6.07, 6.45) is 11.2. The minimum atomic E-state index is -1.45. The molecule has 2 atom stereocenters. The third-order valence-corrected chi connectivity index (χ3v) is 5.90. The summed E-state index contributed by atoms with van der Waals surface area (Å²) in [4.78, 5) is 12.4. The molecule has 7 heteroatoms. The first-order valence-corrected chi connectivity index (χ1v) is 11.8. The van der Waals surface area contributed by atoms with Crippen LogP contribution in [0.5, 0.6) is 0 Å². The molecule has 31 heavy (non-hydrogen) atoms. The van der Waals surface area contributed by atoms with Gasteiger partial charge in [-0.05, 0) is 57.2 Å². The van der Waals surface area contributed by atoms with Gasteiger partial charge in [-0.2, -0.15) is 5.26 Å². The Labute approximate surface area is 190 Å². The molecular weight excluding hydrogens is 416 g/mol. The Morgan fingerprint density at radius 3 is 2.61 bits per heavy atom. The molecule has 1 aromatic carbocycles. The normalized spacial score (nSPS) is 18.2. The summed E-state index contributed by atoms with van der Waals surface area (Å²) >= 11 is 5.99. The van der Waals surface area contributed by atoms with Gasteiger partial charge in [-0.15, -0.1) is 0 Å². The van der Waals surface area contributed by atoms with E-state index in [0.29, 0.717) is 17.7 Å². The van der Waals surface area contributed by atoms with E-state index >= 15 is 0 Å². The molecule has 6 nitrogen and oxygen atoms in total. The van der Waals surface area contributed by atoms with Crippen LogP contribution in [-0.2, 0) is 14.3 Å². The number of nitriles is 1. The number of nitrogens with one attached hydrogen (secondary N) is 1. The van der Waals surface area contributed by atoms with Crippen molar-refractivity contribution in [1.29, 1.82) is 5.26 Å². The second-order valence-corrected chi connectivity index (χ2v) is 8.83. The van der Waals surface area contributed by atoms with Gasteiger partial charge in [0.15, 0.2) is 6.29 Å². The maximum Gasteiger partial charge on any atom is 0.256 e. The molecule has 1 fully saturated rings. The summed E-state index contributed by atoms with van der Waals surface area (Å²) in [5.74, 6) is -0.463. The van der Waals surface area contributed by atoms with Gasteiger partial charge in [0.2, 0.25) is 0 Å². The molecule has 0 saturated carbocycles. The van der Waals surface area contributed by atoms with E-state index in [0.717, 1.165) is 64.6 Å². The number of carbonyl (C=O) groups is 1. The fourth-order valence-corrected chi connectivity index (χ4v) is 3.80.